The molecule has 0 saturated carbocycles. The summed E-state index contributed by atoms with van der Waals surface area (Å²) in [6.45, 7) is 6.29. The Morgan fingerprint density at radius 2 is 1.85 bits per heavy atom. The normalized spacial score (nSPS) is 37.8. The maximum Gasteiger partial charge on any atom is 0.0753 e. The van der Waals surface area contributed by atoms with E-state index in [0.29, 0.717) is 5.92 Å². The van der Waals surface area contributed by atoms with Crippen LogP contribution in [0.5, 0.6) is 0 Å². The van der Waals surface area contributed by atoms with Gasteiger partial charge in [-0.1, -0.05) is 13.8 Å². The Balaban J connectivity index is 2.53. The summed E-state index contributed by atoms with van der Waals surface area (Å²) in [6.07, 6.45) is 2.42. The van der Waals surface area contributed by atoms with Crippen molar-refractivity contribution >= 4 is 0 Å². The molecule has 4 atom stereocenters. The van der Waals surface area contributed by atoms with Gasteiger partial charge in [0.15, 0.2) is 0 Å². The van der Waals surface area contributed by atoms with Crippen molar-refractivity contribution in [3.63, 3.8) is 0 Å². The van der Waals surface area contributed by atoms with Gasteiger partial charge in [0.1, 0.15) is 0 Å². The van der Waals surface area contributed by atoms with Crippen LogP contribution < -0.4 is 11.5 Å². The molecule has 0 spiro atoms. The van der Waals surface area contributed by atoms with Gasteiger partial charge in [0, 0.05) is 12.1 Å². The molecule has 0 amide bonds. The Labute approximate surface area is 80.8 Å². The highest BCUT2D eigenvalue weighted by Crippen LogP contribution is 2.24. The summed E-state index contributed by atoms with van der Waals surface area (Å²) < 4.78 is 5.87. The van der Waals surface area contributed by atoms with Gasteiger partial charge in [0.25, 0.3) is 0 Å². The van der Waals surface area contributed by atoms with Crippen molar-refractivity contribution in [1.29, 1.82) is 0 Å². The smallest absolute Gasteiger partial charge is 0.0753 e. The van der Waals surface area contributed by atoms with Crippen LogP contribution in [-0.2, 0) is 4.74 Å². The molecule has 4 N–H and O–H groups in total. The van der Waals surface area contributed by atoms with Crippen molar-refractivity contribution in [2.24, 2.45) is 17.4 Å². The lowest BCUT2D eigenvalue weighted by Gasteiger charge is -2.38. The largest absolute Gasteiger partial charge is 0.372 e. The molecular formula is C10H22N2O. The lowest BCUT2D eigenvalue weighted by molar-refractivity contribution is -0.0886. The average Bonchev–Trinajstić information content (AvgIpc) is 2.04. The summed E-state index contributed by atoms with van der Waals surface area (Å²) in [5.74, 6) is 0.483. The first kappa shape index (κ1) is 11.0. The zero-order valence-electron chi connectivity index (χ0n) is 8.86. The molecule has 1 aliphatic rings. The molecule has 78 valence electrons. The molecule has 0 radical (unpaired) electrons. The van der Waals surface area contributed by atoms with Crippen LogP contribution in [0.15, 0.2) is 0 Å². The predicted octanol–water partition coefficient (Wildman–Crippen LogP) is 0.865. The van der Waals surface area contributed by atoms with Gasteiger partial charge in [-0.05, 0) is 25.7 Å². The molecule has 0 aliphatic carbocycles. The zero-order valence-corrected chi connectivity index (χ0v) is 8.86. The second-order valence-corrected chi connectivity index (χ2v) is 4.48. The van der Waals surface area contributed by atoms with E-state index < -0.39 is 0 Å². The maximum atomic E-state index is 5.98. The Hall–Kier alpha value is -0.120. The fourth-order valence-corrected chi connectivity index (χ4v) is 1.93. The second kappa shape index (κ2) is 4.40. The van der Waals surface area contributed by atoms with Crippen LogP contribution >= 0.6 is 0 Å². The lowest BCUT2D eigenvalue weighted by Crippen LogP contribution is -2.51. The van der Waals surface area contributed by atoms with Crippen LogP contribution in [0.4, 0.5) is 0 Å². The number of hydrogen-bond donors (Lipinski definition) is 2. The van der Waals surface area contributed by atoms with Gasteiger partial charge >= 0.3 is 0 Å². The highest BCUT2D eigenvalue weighted by molar-refractivity contribution is 4.86. The van der Waals surface area contributed by atoms with E-state index in [9.17, 15) is 0 Å². The monoisotopic (exact) mass is 186 g/mol. The molecule has 0 bridgehead atoms. The molecule has 0 aromatic rings. The van der Waals surface area contributed by atoms with Crippen molar-refractivity contribution in [3.8, 4) is 0 Å². The Bertz CT molecular complexity index is 159. The van der Waals surface area contributed by atoms with Gasteiger partial charge in [-0.25, -0.2) is 0 Å². The molecule has 0 aromatic heterocycles. The molecule has 13 heavy (non-hydrogen) atoms. The van der Waals surface area contributed by atoms with Crippen LogP contribution in [-0.4, -0.2) is 24.3 Å². The van der Waals surface area contributed by atoms with Crippen LogP contribution in [0.1, 0.15) is 33.6 Å². The van der Waals surface area contributed by atoms with E-state index in [1.165, 1.54) is 0 Å². The minimum atomic E-state index is 0.119. The minimum Gasteiger partial charge on any atom is -0.372 e. The highest BCUT2D eigenvalue weighted by Gasteiger charge is 2.32. The molecule has 1 heterocycles. The summed E-state index contributed by atoms with van der Waals surface area (Å²) in [7, 11) is 0. The summed E-state index contributed by atoms with van der Waals surface area (Å²) in [6, 6.07) is 0.309. The van der Waals surface area contributed by atoms with E-state index in [4.69, 9.17) is 16.2 Å². The van der Waals surface area contributed by atoms with E-state index in [-0.39, 0.29) is 24.3 Å². The van der Waals surface area contributed by atoms with E-state index in [1.807, 2.05) is 6.92 Å². The maximum absolute atomic E-state index is 5.98. The lowest BCUT2D eigenvalue weighted by atomic mass is 9.90. The summed E-state index contributed by atoms with van der Waals surface area (Å²) in [5, 5.41) is 0. The molecule has 1 fully saturated rings. The third-order valence-electron chi connectivity index (χ3n) is 2.78. The first-order chi connectivity index (χ1) is 6.02. The van der Waals surface area contributed by atoms with Gasteiger partial charge in [0.2, 0.25) is 0 Å². The van der Waals surface area contributed by atoms with Crippen LogP contribution in [0.25, 0.3) is 0 Å². The second-order valence-electron chi connectivity index (χ2n) is 4.48. The standard InChI is InChI=1S/C10H22N2O/c1-6(2)10-8(12)4-5-9(13-10)7(3)11/h6-10H,4-5,11-12H2,1-3H3/t7-,8-,9+,10-/m1/s1. The van der Waals surface area contributed by atoms with Gasteiger partial charge in [0.05, 0.1) is 12.2 Å². The van der Waals surface area contributed by atoms with Crippen LogP contribution in [0, 0.1) is 5.92 Å². The Morgan fingerprint density at radius 1 is 1.23 bits per heavy atom. The molecule has 3 heteroatoms. The Morgan fingerprint density at radius 3 is 2.31 bits per heavy atom. The van der Waals surface area contributed by atoms with Gasteiger partial charge in [-0.2, -0.15) is 0 Å². The van der Waals surface area contributed by atoms with Crippen molar-refractivity contribution in [3.05, 3.63) is 0 Å². The highest BCUT2D eigenvalue weighted by atomic mass is 16.5. The zero-order chi connectivity index (χ0) is 10.0. The molecule has 1 saturated heterocycles. The van der Waals surface area contributed by atoms with Gasteiger partial charge in [-0.15, -0.1) is 0 Å². The van der Waals surface area contributed by atoms with Crippen LogP contribution in [0.3, 0.4) is 0 Å². The third kappa shape index (κ3) is 2.66. The Kier molecular flexibility index (Phi) is 3.71. The van der Waals surface area contributed by atoms with E-state index in [1.54, 1.807) is 0 Å². The quantitative estimate of drug-likeness (QED) is 0.672. The number of hydrogen-bond acceptors (Lipinski definition) is 3. The topological polar surface area (TPSA) is 61.3 Å². The van der Waals surface area contributed by atoms with Crippen molar-refractivity contribution < 1.29 is 4.74 Å². The predicted molar refractivity (Wildman–Crippen MR) is 54.4 cm³/mol. The van der Waals surface area contributed by atoms with E-state index >= 15 is 0 Å². The number of nitrogens with two attached hydrogens (primary N) is 2. The SMILES string of the molecule is CC(C)[C@H]1O[C@H]([C@@H](C)N)CC[C@H]1N. The fourth-order valence-electron chi connectivity index (χ4n) is 1.93. The van der Waals surface area contributed by atoms with Gasteiger partial charge in [-0.3, -0.25) is 0 Å². The molecular weight excluding hydrogens is 164 g/mol. The molecule has 3 nitrogen and oxygen atoms in total. The van der Waals surface area contributed by atoms with Crippen LogP contribution in [0.2, 0.25) is 0 Å². The summed E-state index contributed by atoms with van der Waals surface area (Å²) in [5.41, 5.74) is 11.8. The molecule has 0 aromatic carbocycles. The molecule has 1 rings (SSSR count). The summed E-state index contributed by atoms with van der Waals surface area (Å²) in [4.78, 5) is 0. The summed E-state index contributed by atoms with van der Waals surface area (Å²) >= 11 is 0. The first-order valence-electron chi connectivity index (χ1n) is 5.19. The van der Waals surface area contributed by atoms with E-state index in [0.717, 1.165) is 12.8 Å². The average molecular weight is 186 g/mol. The first-order valence-corrected chi connectivity index (χ1v) is 5.19. The number of ether oxygens (including phenoxy) is 1. The number of rotatable bonds is 2. The van der Waals surface area contributed by atoms with Crippen molar-refractivity contribution in [2.45, 2.75) is 57.9 Å². The van der Waals surface area contributed by atoms with Crippen molar-refractivity contribution in [1.82, 2.24) is 0 Å². The molecule has 1 aliphatic heterocycles. The third-order valence-corrected chi connectivity index (χ3v) is 2.78. The minimum absolute atomic E-state index is 0.119. The van der Waals surface area contributed by atoms with E-state index in [2.05, 4.69) is 13.8 Å². The fraction of sp³-hybridized carbons (Fsp3) is 1.00. The van der Waals surface area contributed by atoms with Gasteiger partial charge < -0.3 is 16.2 Å². The van der Waals surface area contributed by atoms with Crippen molar-refractivity contribution in [2.75, 3.05) is 0 Å². The molecule has 0 unspecified atom stereocenters.